The molecule has 2 aromatic rings. The lowest BCUT2D eigenvalue weighted by atomic mass is 9.96. The Balaban J connectivity index is 2.74. The van der Waals surface area contributed by atoms with E-state index in [4.69, 9.17) is 11.6 Å². The topological polar surface area (TPSA) is 34.4 Å². The second-order valence-electron chi connectivity index (χ2n) is 5.65. The van der Waals surface area contributed by atoms with Crippen molar-refractivity contribution < 1.29 is 4.79 Å². The molecule has 0 saturated carbocycles. The highest BCUT2D eigenvalue weighted by atomic mass is 35.5. The van der Waals surface area contributed by atoms with E-state index in [1.54, 1.807) is 0 Å². The van der Waals surface area contributed by atoms with E-state index in [0.717, 1.165) is 15.8 Å². The van der Waals surface area contributed by atoms with Gasteiger partial charge >= 0.3 is 0 Å². The molecule has 0 radical (unpaired) electrons. The molecule has 5 heteroatoms. The van der Waals surface area contributed by atoms with Gasteiger partial charge in [0, 0.05) is 12.5 Å². The van der Waals surface area contributed by atoms with Crippen LogP contribution in [0.25, 0.3) is 10.2 Å². The van der Waals surface area contributed by atoms with E-state index in [-0.39, 0.29) is 5.91 Å². The number of aryl methyl sites for hydroxylation is 2. The Kier molecular flexibility index (Phi) is 3.58. The molecule has 3 nitrogen and oxygen atoms in total. The molecule has 1 amide bonds. The van der Waals surface area contributed by atoms with Crippen LogP contribution in [0.3, 0.4) is 0 Å². The Labute approximate surface area is 121 Å². The van der Waals surface area contributed by atoms with Crippen molar-refractivity contribution >= 4 is 39.1 Å². The zero-order valence-electron chi connectivity index (χ0n) is 11.7. The molecule has 102 valence electrons. The SMILES string of the molecule is Cc1ccc(Cl)c2sc(=NC(=O)C(C)(C)C)n(C)c12. The molecule has 0 spiro atoms. The van der Waals surface area contributed by atoms with Crippen LogP contribution in [-0.2, 0) is 11.8 Å². The Morgan fingerprint density at radius 3 is 2.53 bits per heavy atom. The first-order valence-electron chi connectivity index (χ1n) is 6.05. The lowest BCUT2D eigenvalue weighted by molar-refractivity contribution is -0.125. The van der Waals surface area contributed by atoms with Crippen LogP contribution < -0.4 is 4.80 Å². The standard InChI is InChI=1S/C14H17ClN2OS/c1-8-6-7-9(15)11-10(8)17(5)13(19-11)16-12(18)14(2,3)4/h6-7H,1-5H3. The van der Waals surface area contributed by atoms with Crippen molar-refractivity contribution in [2.75, 3.05) is 0 Å². The molecule has 19 heavy (non-hydrogen) atoms. The molecule has 0 aliphatic heterocycles. The van der Waals surface area contributed by atoms with Crippen molar-refractivity contribution in [1.82, 2.24) is 4.57 Å². The normalized spacial score (nSPS) is 13.3. The number of aromatic nitrogens is 1. The number of nitrogens with zero attached hydrogens (tertiary/aromatic N) is 2. The van der Waals surface area contributed by atoms with Gasteiger partial charge in [-0.25, -0.2) is 0 Å². The van der Waals surface area contributed by atoms with Gasteiger partial charge < -0.3 is 4.57 Å². The van der Waals surface area contributed by atoms with Crippen LogP contribution in [0.5, 0.6) is 0 Å². The van der Waals surface area contributed by atoms with Crippen LogP contribution in [0.1, 0.15) is 26.3 Å². The predicted octanol–water partition coefficient (Wildman–Crippen LogP) is 3.68. The van der Waals surface area contributed by atoms with Gasteiger partial charge in [0.05, 0.1) is 15.2 Å². The van der Waals surface area contributed by atoms with Crippen LogP contribution in [0, 0.1) is 12.3 Å². The predicted molar refractivity (Wildman–Crippen MR) is 80.6 cm³/mol. The fraction of sp³-hybridized carbons (Fsp3) is 0.429. The first kappa shape index (κ1) is 14.3. The lowest BCUT2D eigenvalue weighted by Crippen LogP contribution is -2.22. The van der Waals surface area contributed by atoms with Gasteiger partial charge in [-0.1, -0.05) is 49.8 Å². The maximum absolute atomic E-state index is 12.0. The van der Waals surface area contributed by atoms with Gasteiger partial charge in [-0.15, -0.1) is 0 Å². The second-order valence-corrected chi connectivity index (χ2v) is 7.04. The highest BCUT2D eigenvalue weighted by molar-refractivity contribution is 7.17. The van der Waals surface area contributed by atoms with Gasteiger partial charge in [-0.3, -0.25) is 4.79 Å². The van der Waals surface area contributed by atoms with Crippen LogP contribution in [-0.4, -0.2) is 10.5 Å². The molecule has 1 aromatic heterocycles. The zero-order chi connectivity index (χ0) is 14.4. The molecule has 0 N–H and O–H groups in total. The van der Waals surface area contributed by atoms with Crippen molar-refractivity contribution in [3.05, 3.63) is 27.5 Å². The molecular weight excluding hydrogens is 280 g/mol. The molecule has 1 heterocycles. The minimum atomic E-state index is -0.470. The zero-order valence-corrected chi connectivity index (χ0v) is 13.3. The molecule has 0 fully saturated rings. The molecule has 2 rings (SSSR count). The number of carbonyl (C=O) groups is 1. The molecular formula is C14H17ClN2OS. The summed E-state index contributed by atoms with van der Waals surface area (Å²) in [5, 5.41) is 0.700. The highest BCUT2D eigenvalue weighted by Gasteiger charge is 2.21. The Morgan fingerprint density at radius 2 is 2.00 bits per heavy atom. The van der Waals surface area contributed by atoms with Crippen molar-refractivity contribution in [3.63, 3.8) is 0 Å². The average molecular weight is 297 g/mol. The number of halogens is 1. The van der Waals surface area contributed by atoms with Gasteiger partial charge in [0.15, 0.2) is 4.80 Å². The number of hydrogen-bond donors (Lipinski definition) is 0. The second kappa shape index (κ2) is 4.76. The molecule has 0 saturated heterocycles. The number of thiazole rings is 1. The lowest BCUT2D eigenvalue weighted by Gasteiger charge is -2.11. The number of benzene rings is 1. The molecule has 0 aliphatic carbocycles. The van der Waals surface area contributed by atoms with E-state index >= 15 is 0 Å². The van der Waals surface area contributed by atoms with Gasteiger partial charge in [0.2, 0.25) is 0 Å². The summed E-state index contributed by atoms with van der Waals surface area (Å²) >= 11 is 7.66. The van der Waals surface area contributed by atoms with Crippen LogP contribution in [0.15, 0.2) is 17.1 Å². The van der Waals surface area contributed by atoms with Crippen LogP contribution in [0.4, 0.5) is 0 Å². The summed E-state index contributed by atoms with van der Waals surface area (Å²) in [6, 6.07) is 3.86. The first-order chi connectivity index (χ1) is 8.71. The number of amides is 1. The van der Waals surface area contributed by atoms with Crippen LogP contribution in [0.2, 0.25) is 5.02 Å². The van der Waals surface area contributed by atoms with Gasteiger partial charge in [-0.2, -0.15) is 4.99 Å². The van der Waals surface area contributed by atoms with E-state index in [0.29, 0.717) is 9.82 Å². The molecule has 0 atom stereocenters. The quantitative estimate of drug-likeness (QED) is 0.730. The summed E-state index contributed by atoms with van der Waals surface area (Å²) in [6.45, 7) is 7.62. The number of fused-ring (bicyclic) bond motifs is 1. The maximum atomic E-state index is 12.0. The van der Waals surface area contributed by atoms with E-state index in [1.165, 1.54) is 11.3 Å². The maximum Gasteiger partial charge on any atom is 0.253 e. The van der Waals surface area contributed by atoms with Crippen molar-refractivity contribution in [3.8, 4) is 0 Å². The van der Waals surface area contributed by atoms with E-state index in [9.17, 15) is 4.79 Å². The van der Waals surface area contributed by atoms with E-state index in [1.807, 2.05) is 51.4 Å². The molecule has 1 aromatic carbocycles. The number of hydrogen-bond acceptors (Lipinski definition) is 2. The molecule has 0 aliphatic rings. The number of carbonyl (C=O) groups excluding carboxylic acids is 1. The average Bonchev–Trinajstić information content (AvgIpc) is 2.62. The largest absolute Gasteiger partial charge is 0.319 e. The van der Waals surface area contributed by atoms with Gasteiger partial charge in [0.25, 0.3) is 5.91 Å². The smallest absolute Gasteiger partial charge is 0.253 e. The highest BCUT2D eigenvalue weighted by Crippen LogP contribution is 2.28. The molecule has 0 unspecified atom stereocenters. The minimum Gasteiger partial charge on any atom is -0.319 e. The Hall–Kier alpha value is -1.13. The van der Waals surface area contributed by atoms with Crippen molar-refractivity contribution in [2.45, 2.75) is 27.7 Å². The van der Waals surface area contributed by atoms with Crippen LogP contribution >= 0.6 is 22.9 Å². The third-order valence-corrected chi connectivity index (χ3v) is 4.53. The Morgan fingerprint density at radius 1 is 1.37 bits per heavy atom. The minimum absolute atomic E-state index is 0.122. The summed E-state index contributed by atoms with van der Waals surface area (Å²) in [5.41, 5.74) is 1.70. The van der Waals surface area contributed by atoms with Crippen molar-refractivity contribution in [2.24, 2.45) is 17.5 Å². The summed E-state index contributed by atoms with van der Waals surface area (Å²) in [5.74, 6) is -0.122. The summed E-state index contributed by atoms with van der Waals surface area (Å²) < 4.78 is 2.91. The van der Waals surface area contributed by atoms with E-state index < -0.39 is 5.41 Å². The Bertz CT molecular complexity index is 719. The fourth-order valence-electron chi connectivity index (χ4n) is 1.77. The molecule has 0 bridgehead atoms. The van der Waals surface area contributed by atoms with Gasteiger partial charge in [-0.05, 0) is 18.6 Å². The van der Waals surface area contributed by atoms with Crippen molar-refractivity contribution in [1.29, 1.82) is 0 Å². The first-order valence-corrected chi connectivity index (χ1v) is 7.25. The van der Waals surface area contributed by atoms with Gasteiger partial charge in [0.1, 0.15) is 0 Å². The third-order valence-electron chi connectivity index (χ3n) is 2.94. The third kappa shape index (κ3) is 2.60. The summed E-state index contributed by atoms with van der Waals surface area (Å²) in [6.07, 6.45) is 0. The fourth-order valence-corrected chi connectivity index (χ4v) is 3.13. The summed E-state index contributed by atoms with van der Waals surface area (Å²) in [7, 11) is 1.91. The monoisotopic (exact) mass is 296 g/mol. The van der Waals surface area contributed by atoms with E-state index in [2.05, 4.69) is 4.99 Å². The number of rotatable bonds is 0. The summed E-state index contributed by atoms with van der Waals surface area (Å²) in [4.78, 5) is 16.9.